The van der Waals surface area contributed by atoms with Gasteiger partial charge in [-0.15, -0.1) is 8.78 Å². The Morgan fingerprint density at radius 1 is 0.568 bits per heavy atom. The van der Waals surface area contributed by atoms with E-state index in [4.69, 9.17) is 0 Å². The summed E-state index contributed by atoms with van der Waals surface area (Å²) in [6.45, 7) is 7.02. The Balaban J connectivity index is 1.13. The van der Waals surface area contributed by atoms with Crippen molar-refractivity contribution in [2.75, 3.05) is 48.5 Å². The highest BCUT2D eigenvalue weighted by molar-refractivity contribution is 8.76. The number of benzene rings is 2. The second-order valence-corrected chi connectivity index (χ2v) is 13.2. The van der Waals surface area contributed by atoms with Crippen LogP contribution in [0.15, 0.2) is 85.2 Å². The monoisotopic (exact) mass is 632 g/mol. The molecule has 0 amide bonds. The molecule has 0 aliphatic carbocycles. The van der Waals surface area contributed by atoms with Crippen LogP contribution in [-0.4, -0.2) is 38.7 Å². The van der Waals surface area contributed by atoms with Crippen LogP contribution in [0, 0.1) is 11.9 Å². The molecule has 2 aromatic heterocycles. The number of nitrogens with zero attached hydrogens (tertiary/aromatic N) is 4. The number of hydrogen-bond donors (Lipinski definition) is 0. The van der Waals surface area contributed by atoms with Crippen LogP contribution < -0.4 is 18.9 Å². The molecule has 0 aliphatic heterocycles. The molecule has 0 spiro atoms. The minimum absolute atomic E-state index is 0.224. The third-order valence-corrected chi connectivity index (χ3v) is 9.77. The van der Waals surface area contributed by atoms with Gasteiger partial charge in [0.1, 0.15) is 13.1 Å². The van der Waals surface area contributed by atoms with Crippen LogP contribution in [0.1, 0.15) is 36.1 Å². The summed E-state index contributed by atoms with van der Waals surface area (Å²) in [7, 11) is 8.05. The van der Waals surface area contributed by atoms with E-state index >= 15 is 0 Å². The van der Waals surface area contributed by atoms with Crippen molar-refractivity contribution in [3.63, 3.8) is 0 Å². The van der Waals surface area contributed by atoms with Crippen LogP contribution in [0.4, 0.5) is 20.2 Å². The van der Waals surface area contributed by atoms with E-state index < -0.39 is 0 Å². The number of aromatic nitrogens is 2. The standard InChI is InChI=1S/C36H42F2N4S2/c1-5-41-21-19-31(27-35(41)37)9-7-29-11-15-33(16-12-29)39(3)23-25-43-44-26-24-40(4)34-17-13-30(14-18-34)8-10-32-20-22-42(6-2)36(38)28-32/h7-22,27-28H,5-6,23-26H2,1-4H3/q+2. The molecule has 2 heterocycles. The van der Waals surface area contributed by atoms with Crippen LogP contribution in [0.2, 0.25) is 0 Å². The Hall–Kier alpha value is -3.62. The van der Waals surface area contributed by atoms with E-state index in [2.05, 4.69) is 72.4 Å². The predicted octanol–water partition coefficient (Wildman–Crippen LogP) is 7.87. The molecule has 8 heteroatoms. The van der Waals surface area contributed by atoms with Crippen molar-refractivity contribution in [1.29, 1.82) is 0 Å². The summed E-state index contributed by atoms with van der Waals surface area (Å²) in [6.07, 6.45) is 11.5. The third kappa shape index (κ3) is 9.96. The van der Waals surface area contributed by atoms with Gasteiger partial charge in [0, 0.05) is 74.3 Å². The van der Waals surface area contributed by atoms with E-state index in [-0.39, 0.29) is 11.9 Å². The zero-order valence-electron chi connectivity index (χ0n) is 26.0. The maximum atomic E-state index is 14.0. The number of anilines is 2. The van der Waals surface area contributed by atoms with Crippen LogP contribution >= 0.6 is 21.6 Å². The maximum absolute atomic E-state index is 14.0. The molecule has 0 radical (unpaired) electrons. The van der Waals surface area contributed by atoms with E-state index in [0.29, 0.717) is 13.1 Å². The lowest BCUT2D eigenvalue weighted by Gasteiger charge is -2.20. The van der Waals surface area contributed by atoms with Crippen molar-refractivity contribution in [2.45, 2.75) is 26.9 Å². The summed E-state index contributed by atoms with van der Waals surface area (Å²) in [5.74, 6) is 1.63. The Bertz CT molecular complexity index is 1420. The molecule has 4 rings (SSSR count). The number of pyridine rings is 2. The van der Waals surface area contributed by atoms with Crippen molar-refractivity contribution in [3.05, 3.63) is 119 Å². The SMILES string of the molecule is CC[n+]1ccc(/C=C/c2ccc(N(C)CCSSCCN(C)c3ccc(/C=C/c4cc[n+](CC)c(F)c4)cc3)cc2)cc1F. The van der Waals surface area contributed by atoms with Gasteiger partial charge in [0.2, 0.25) is 0 Å². The van der Waals surface area contributed by atoms with Crippen molar-refractivity contribution >= 4 is 57.3 Å². The molecule has 0 fully saturated rings. The molecular weight excluding hydrogens is 591 g/mol. The minimum Gasteiger partial charge on any atom is -0.374 e. The predicted molar refractivity (Wildman–Crippen MR) is 187 cm³/mol. The second-order valence-electron chi connectivity index (χ2n) is 10.5. The lowest BCUT2D eigenvalue weighted by molar-refractivity contribution is -0.721. The first kappa shape index (κ1) is 33.3. The fourth-order valence-electron chi connectivity index (χ4n) is 4.54. The molecule has 0 aliphatic rings. The van der Waals surface area contributed by atoms with Gasteiger partial charge in [0.15, 0.2) is 12.4 Å². The molecule has 0 bridgehead atoms. The number of rotatable bonds is 15. The van der Waals surface area contributed by atoms with E-state index in [1.807, 2.05) is 71.9 Å². The van der Waals surface area contributed by atoms with Gasteiger partial charge in [0.05, 0.1) is 0 Å². The molecule has 0 unspecified atom stereocenters. The molecule has 4 aromatic rings. The average Bonchev–Trinajstić information content (AvgIpc) is 3.04. The molecule has 0 saturated carbocycles. The van der Waals surface area contributed by atoms with Crippen molar-refractivity contribution < 1.29 is 17.9 Å². The normalized spacial score (nSPS) is 11.5. The summed E-state index contributed by atoms with van der Waals surface area (Å²) in [4.78, 5) is 4.55. The van der Waals surface area contributed by atoms with Gasteiger partial charge in [-0.1, -0.05) is 70.2 Å². The lowest BCUT2D eigenvalue weighted by Crippen LogP contribution is -2.36. The van der Waals surface area contributed by atoms with Crippen molar-refractivity contribution in [1.82, 2.24) is 0 Å². The van der Waals surface area contributed by atoms with Gasteiger partial charge in [-0.05, 0) is 60.4 Å². The average molecular weight is 633 g/mol. The zero-order chi connectivity index (χ0) is 31.3. The smallest absolute Gasteiger partial charge is 0.360 e. The largest absolute Gasteiger partial charge is 0.374 e. The molecule has 0 saturated heterocycles. The third-order valence-electron chi connectivity index (χ3n) is 7.40. The number of halogens is 2. The van der Waals surface area contributed by atoms with Crippen LogP contribution in [0.3, 0.4) is 0 Å². The zero-order valence-corrected chi connectivity index (χ0v) is 27.6. The summed E-state index contributed by atoms with van der Waals surface area (Å²) >= 11 is 0. The maximum Gasteiger partial charge on any atom is 0.360 e. The van der Waals surface area contributed by atoms with Gasteiger partial charge in [-0.25, -0.2) is 0 Å². The first-order valence-electron chi connectivity index (χ1n) is 15.0. The Morgan fingerprint density at radius 3 is 1.27 bits per heavy atom. The van der Waals surface area contributed by atoms with Gasteiger partial charge >= 0.3 is 11.9 Å². The van der Waals surface area contributed by atoms with Gasteiger partial charge in [-0.2, -0.15) is 9.13 Å². The summed E-state index contributed by atoms with van der Waals surface area (Å²) < 4.78 is 31.2. The first-order chi connectivity index (χ1) is 21.4. The van der Waals surface area contributed by atoms with Crippen LogP contribution in [0.5, 0.6) is 0 Å². The fraction of sp³-hybridized carbons (Fsp3) is 0.278. The molecule has 0 atom stereocenters. The topological polar surface area (TPSA) is 14.2 Å². The first-order valence-corrected chi connectivity index (χ1v) is 17.5. The lowest BCUT2D eigenvalue weighted by atomic mass is 10.1. The van der Waals surface area contributed by atoms with Crippen molar-refractivity contribution in [2.24, 2.45) is 0 Å². The number of aryl methyl sites for hydroxylation is 2. The summed E-state index contributed by atoms with van der Waals surface area (Å²) in [6, 6.07) is 23.9. The van der Waals surface area contributed by atoms with E-state index in [1.54, 1.807) is 33.7 Å². The highest BCUT2D eigenvalue weighted by Crippen LogP contribution is 2.24. The van der Waals surface area contributed by atoms with Crippen LogP contribution in [0.25, 0.3) is 24.3 Å². The molecule has 2 aromatic carbocycles. The van der Waals surface area contributed by atoms with E-state index in [1.165, 1.54) is 11.4 Å². The second kappa shape index (κ2) is 17.0. The van der Waals surface area contributed by atoms with E-state index in [9.17, 15) is 8.78 Å². The molecular formula is C36H42F2N4S2+2. The molecule has 44 heavy (non-hydrogen) atoms. The highest BCUT2D eigenvalue weighted by Gasteiger charge is 2.08. The van der Waals surface area contributed by atoms with Gasteiger partial charge in [-0.3, -0.25) is 0 Å². The Kier molecular flexibility index (Phi) is 12.9. The van der Waals surface area contributed by atoms with Crippen molar-refractivity contribution in [3.8, 4) is 0 Å². The Morgan fingerprint density at radius 2 is 0.932 bits per heavy atom. The Labute approximate surface area is 269 Å². The minimum atomic E-state index is -0.224. The quantitative estimate of drug-likeness (QED) is 0.0573. The molecule has 4 nitrogen and oxygen atoms in total. The highest BCUT2D eigenvalue weighted by atomic mass is 33.1. The fourth-order valence-corrected chi connectivity index (χ4v) is 6.63. The molecule has 230 valence electrons. The van der Waals surface area contributed by atoms with Gasteiger partial charge < -0.3 is 9.80 Å². The van der Waals surface area contributed by atoms with Crippen LogP contribution in [-0.2, 0) is 13.1 Å². The summed E-state index contributed by atoms with van der Waals surface area (Å²) in [5, 5.41) is 0. The van der Waals surface area contributed by atoms with Gasteiger partial charge in [0.25, 0.3) is 0 Å². The summed E-state index contributed by atoms with van der Waals surface area (Å²) in [5.41, 5.74) is 6.24. The van der Waals surface area contributed by atoms with E-state index in [0.717, 1.165) is 46.8 Å². The molecule has 0 N–H and O–H groups in total. The number of hydrogen-bond acceptors (Lipinski definition) is 4.